The van der Waals surface area contributed by atoms with Gasteiger partial charge in [0.25, 0.3) is 10.2 Å². The smallest absolute Gasteiger partial charge is 0.322 e. The van der Waals surface area contributed by atoms with E-state index in [0.29, 0.717) is 6.54 Å². The SMILES string of the molecule is CC1CCCCN1S(=O)(=O)N1CC(O)CC1C(=O)O. The van der Waals surface area contributed by atoms with Crippen LogP contribution in [0, 0.1) is 0 Å². The van der Waals surface area contributed by atoms with E-state index >= 15 is 0 Å². The van der Waals surface area contributed by atoms with Crippen molar-refractivity contribution >= 4 is 16.2 Å². The van der Waals surface area contributed by atoms with Gasteiger partial charge in [-0.25, -0.2) is 0 Å². The number of aliphatic hydroxyl groups excluding tert-OH is 1. The normalized spacial score (nSPS) is 34.5. The molecule has 0 bridgehead atoms. The van der Waals surface area contributed by atoms with Crippen molar-refractivity contribution in [1.29, 1.82) is 0 Å². The molecule has 8 heteroatoms. The van der Waals surface area contributed by atoms with Gasteiger partial charge in [-0.3, -0.25) is 4.79 Å². The van der Waals surface area contributed by atoms with Crippen molar-refractivity contribution in [3.63, 3.8) is 0 Å². The molecule has 3 atom stereocenters. The molecule has 3 unspecified atom stereocenters. The summed E-state index contributed by atoms with van der Waals surface area (Å²) in [6.45, 7) is 2.12. The summed E-state index contributed by atoms with van der Waals surface area (Å²) in [7, 11) is -3.81. The zero-order valence-electron chi connectivity index (χ0n) is 10.9. The molecule has 0 aromatic carbocycles. The van der Waals surface area contributed by atoms with Crippen molar-refractivity contribution in [1.82, 2.24) is 8.61 Å². The first-order chi connectivity index (χ1) is 8.84. The highest BCUT2D eigenvalue weighted by atomic mass is 32.2. The summed E-state index contributed by atoms with van der Waals surface area (Å²) in [5.41, 5.74) is 0. The number of carbonyl (C=O) groups is 1. The lowest BCUT2D eigenvalue weighted by Gasteiger charge is -2.36. The van der Waals surface area contributed by atoms with Crippen LogP contribution in [0.1, 0.15) is 32.6 Å². The fraction of sp³-hybridized carbons (Fsp3) is 0.909. The number of nitrogens with zero attached hydrogens (tertiary/aromatic N) is 2. The third-order valence-corrected chi connectivity index (χ3v) is 5.98. The molecule has 2 N–H and O–H groups in total. The Bertz CT molecular complexity index is 452. The van der Waals surface area contributed by atoms with Gasteiger partial charge in [-0.15, -0.1) is 0 Å². The molecule has 19 heavy (non-hydrogen) atoms. The van der Waals surface area contributed by atoms with Gasteiger partial charge in [0.2, 0.25) is 0 Å². The lowest BCUT2D eigenvalue weighted by molar-refractivity contribution is -0.140. The van der Waals surface area contributed by atoms with E-state index in [1.807, 2.05) is 6.92 Å². The molecule has 0 amide bonds. The molecule has 2 heterocycles. The van der Waals surface area contributed by atoms with Crippen molar-refractivity contribution in [2.45, 2.75) is 50.8 Å². The minimum atomic E-state index is -3.81. The number of rotatable bonds is 3. The highest BCUT2D eigenvalue weighted by Crippen LogP contribution is 2.28. The van der Waals surface area contributed by atoms with Crippen LogP contribution < -0.4 is 0 Å². The molecule has 0 aliphatic carbocycles. The maximum absolute atomic E-state index is 12.5. The molecule has 2 rings (SSSR count). The summed E-state index contributed by atoms with van der Waals surface area (Å²) < 4.78 is 27.4. The first kappa shape index (κ1) is 14.7. The fourth-order valence-corrected chi connectivity index (χ4v) is 4.86. The molecule has 0 aromatic heterocycles. The van der Waals surface area contributed by atoms with Crippen LogP contribution in [0.25, 0.3) is 0 Å². The largest absolute Gasteiger partial charge is 0.480 e. The Balaban J connectivity index is 2.25. The second kappa shape index (κ2) is 5.35. The Morgan fingerprint density at radius 2 is 1.95 bits per heavy atom. The maximum Gasteiger partial charge on any atom is 0.322 e. The summed E-state index contributed by atoms with van der Waals surface area (Å²) in [5.74, 6) is -1.20. The first-order valence-electron chi connectivity index (χ1n) is 6.53. The molecule has 2 aliphatic rings. The molecule has 2 aliphatic heterocycles. The van der Waals surface area contributed by atoms with Crippen LogP contribution in [0.2, 0.25) is 0 Å². The van der Waals surface area contributed by atoms with E-state index in [4.69, 9.17) is 5.11 Å². The Labute approximate surface area is 113 Å². The predicted octanol–water partition coefficient (Wildman–Crippen LogP) is -0.375. The van der Waals surface area contributed by atoms with Gasteiger partial charge in [0.05, 0.1) is 6.10 Å². The van der Waals surface area contributed by atoms with Crippen molar-refractivity contribution in [3.8, 4) is 0 Å². The van der Waals surface area contributed by atoms with Gasteiger partial charge in [-0.05, 0) is 19.8 Å². The van der Waals surface area contributed by atoms with Gasteiger partial charge >= 0.3 is 5.97 Å². The summed E-state index contributed by atoms with van der Waals surface area (Å²) >= 11 is 0. The molecular formula is C11H20N2O5S. The lowest BCUT2D eigenvalue weighted by atomic mass is 10.1. The van der Waals surface area contributed by atoms with Gasteiger partial charge in [-0.1, -0.05) is 6.42 Å². The molecule has 110 valence electrons. The number of carboxylic acid groups (broad SMARTS) is 1. The van der Waals surface area contributed by atoms with Gasteiger partial charge in [0.1, 0.15) is 6.04 Å². The van der Waals surface area contributed by atoms with Crippen molar-refractivity contribution < 1.29 is 23.4 Å². The van der Waals surface area contributed by atoms with Crippen LogP contribution in [-0.4, -0.2) is 64.5 Å². The molecule has 2 saturated heterocycles. The predicted molar refractivity (Wildman–Crippen MR) is 67.7 cm³/mol. The van der Waals surface area contributed by atoms with E-state index < -0.39 is 28.3 Å². The molecule has 0 spiro atoms. The number of aliphatic hydroxyl groups is 1. The second-order valence-electron chi connectivity index (χ2n) is 5.28. The summed E-state index contributed by atoms with van der Waals surface area (Å²) in [4.78, 5) is 11.1. The first-order valence-corrected chi connectivity index (χ1v) is 7.93. The third-order valence-electron chi connectivity index (χ3n) is 3.85. The van der Waals surface area contributed by atoms with E-state index in [-0.39, 0.29) is 19.0 Å². The van der Waals surface area contributed by atoms with Crippen LogP contribution >= 0.6 is 0 Å². The summed E-state index contributed by atoms with van der Waals surface area (Å²) in [6.07, 6.45) is 1.61. The van der Waals surface area contributed by atoms with E-state index in [0.717, 1.165) is 23.6 Å². The topological polar surface area (TPSA) is 98.2 Å². The molecule has 0 radical (unpaired) electrons. The van der Waals surface area contributed by atoms with Crippen molar-refractivity contribution in [2.24, 2.45) is 0 Å². The minimum absolute atomic E-state index is 0.0449. The zero-order chi connectivity index (χ0) is 14.2. The molecule has 0 aromatic rings. The standard InChI is InChI=1S/C11H20N2O5S/c1-8-4-2-3-5-12(8)19(17,18)13-7-9(14)6-10(13)11(15)16/h8-10,14H,2-7H2,1H3,(H,15,16). The Kier molecular flexibility index (Phi) is 4.14. The highest BCUT2D eigenvalue weighted by molar-refractivity contribution is 7.86. The minimum Gasteiger partial charge on any atom is -0.480 e. The van der Waals surface area contributed by atoms with Gasteiger partial charge in [-0.2, -0.15) is 17.0 Å². The average Bonchev–Trinajstić information content (AvgIpc) is 2.72. The van der Waals surface area contributed by atoms with E-state index in [2.05, 4.69) is 0 Å². The number of β-amino-alcohol motifs (C(OH)–C–C–N with tert-alkyl or cyclic N) is 1. The lowest BCUT2D eigenvalue weighted by Crippen LogP contribution is -2.52. The molecule has 7 nitrogen and oxygen atoms in total. The summed E-state index contributed by atoms with van der Waals surface area (Å²) in [5, 5.41) is 18.7. The third kappa shape index (κ3) is 2.76. The van der Waals surface area contributed by atoms with Crippen LogP contribution in [0.5, 0.6) is 0 Å². The van der Waals surface area contributed by atoms with E-state index in [1.54, 1.807) is 0 Å². The zero-order valence-corrected chi connectivity index (χ0v) is 11.7. The average molecular weight is 292 g/mol. The Morgan fingerprint density at radius 3 is 2.53 bits per heavy atom. The molecule has 2 fully saturated rings. The quantitative estimate of drug-likeness (QED) is 0.739. The number of carboxylic acids is 1. The van der Waals surface area contributed by atoms with E-state index in [1.165, 1.54) is 4.31 Å². The maximum atomic E-state index is 12.5. The number of hydrogen-bond donors (Lipinski definition) is 2. The van der Waals surface area contributed by atoms with Crippen LogP contribution in [0.4, 0.5) is 0 Å². The number of aliphatic carboxylic acids is 1. The number of hydrogen-bond acceptors (Lipinski definition) is 4. The van der Waals surface area contributed by atoms with Crippen molar-refractivity contribution in [3.05, 3.63) is 0 Å². The van der Waals surface area contributed by atoms with Crippen molar-refractivity contribution in [2.75, 3.05) is 13.1 Å². The van der Waals surface area contributed by atoms with Crippen LogP contribution in [0.15, 0.2) is 0 Å². The molecular weight excluding hydrogens is 272 g/mol. The van der Waals surface area contributed by atoms with Gasteiger partial charge in [0.15, 0.2) is 0 Å². The van der Waals surface area contributed by atoms with Crippen LogP contribution in [-0.2, 0) is 15.0 Å². The van der Waals surface area contributed by atoms with Crippen LogP contribution in [0.3, 0.4) is 0 Å². The molecule has 0 saturated carbocycles. The second-order valence-corrected chi connectivity index (χ2v) is 7.11. The Hall–Kier alpha value is -0.700. The van der Waals surface area contributed by atoms with Gasteiger partial charge < -0.3 is 10.2 Å². The summed E-state index contributed by atoms with van der Waals surface area (Å²) in [6, 6.07) is -1.28. The van der Waals surface area contributed by atoms with E-state index in [9.17, 15) is 18.3 Å². The number of piperidine rings is 1. The fourth-order valence-electron chi connectivity index (χ4n) is 2.81. The Morgan fingerprint density at radius 1 is 1.26 bits per heavy atom. The monoisotopic (exact) mass is 292 g/mol. The highest BCUT2D eigenvalue weighted by Gasteiger charge is 2.46. The van der Waals surface area contributed by atoms with Gasteiger partial charge in [0, 0.05) is 25.6 Å².